The van der Waals surface area contributed by atoms with Crippen molar-refractivity contribution in [3.63, 3.8) is 0 Å². The van der Waals surface area contributed by atoms with E-state index in [9.17, 15) is 4.79 Å². The van der Waals surface area contributed by atoms with Crippen molar-refractivity contribution in [2.24, 2.45) is 0 Å². The second-order valence-corrected chi connectivity index (χ2v) is 8.94. The first-order valence-electron chi connectivity index (χ1n) is 8.78. The van der Waals surface area contributed by atoms with Crippen LogP contribution in [0.15, 0.2) is 77.1 Å². The molecule has 0 bridgehead atoms. The summed E-state index contributed by atoms with van der Waals surface area (Å²) in [5.74, 6) is 0.274. The lowest BCUT2D eigenvalue weighted by Crippen LogP contribution is -2.15. The van der Waals surface area contributed by atoms with Gasteiger partial charge < -0.3 is 5.32 Å². The minimum absolute atomic E-state index is 0.0391. The number of aromatic nitrogens is 1. The Morgan fingerprint density at radius 1 is 1.04 bits per heavy atom. The number of hydrogen-bond acceptors (Lipinski definition) is 4. The van der Waals surface area contributed by atoms with Crippen LogP contribution in [0.1, 0.15) is 11.1 Å². The average Bonchev–Trinajstić information content (AvgIpc) is 3.11. The highest BCUT2D eigenvalue weighted by Crippen LogP contribution is 2.31. The van der Waals surface area contributed by atoms with E-state index in [1.165, 1.54) is 17.3 Å². The summed E-state index contributed by atoms with van der Waals surface area (Å²) in [6.45, 7) is 0. The maximum Gasteiger partial charge on any atom is 0.234 e. The minimum Gasteiger partial charge on any atom is -0.325 e. The molecule has 4 aromatic rings. The maximum absolute atomic E-state index is 12.5. The number of thiazole rings is 1. The van der Waals surface area contributed by atoms with E-state index in [2.05, 4.69) is 22.4 Å². The molecular formula is C22H17ClN2OS2. The molecule has 1 N–H and O–H groups in total. The fraction of sp³-hybridized carbons (Fsp3) is 0.0909. The standard InChI is InChI=1S/C22H17ClN2OS2/c23-17-10-11-20-19(13-17)25-22(28-20)27-14-21(26)24-18-9-5-4-8-16(18)12-15-6-2-1-3-7-15/h1-11,13H,12,14H2,(H,24,26). The summed E-state index contributed by atoms with van der Waals surface area (Å²) in [4.78, 5) is 17.0. The van der Waals surface area contributed by atoms with Crippen molar-refractivity contribution in [2.45, 2.75) is 10.8 Å². The Labute approximate surface area is 176 Å². The number of para-hydroxylation sites is 1. The van der Waals surface area contributed by atoms with E-state index < -0.39 is 0 Å². The Kier molecular flexibility index (Phi) is 5.95. The molecule has 1 heterocycles. The molecule has 3 aromatic carbocycles. The molecular weight excluding hydrogens is 408 g/mol. The number of thioether (sulfide) groups is 1. The molecule has 0 saturated heterocycles. The number of amides is 1. The molecule has 140 valence electrons. The van der Waals surface area contributed by atoms with Gasteiger partial charge in [0.1, 0.15) is 0 Å². The second kappa shape index (κ2) is 8.78. The zero-order valence-corrected chi connectivity index (χ0v) is 17.3. The molecule has 0 aliphatic heterocycles. The van der Waals surface area contributed by atoms with Gasteiger partial charge in [0, 0.05) is 10.7 Å². The summed E-state index contributed by atoms with van der Waals surface area (Å²) < 4.78 is 1.94. The Morgan fingerprint density at radius 3 is 2.68 bits per heavy atom. The Hall–Kier alpha value is -2.34. The van der Waals surface area contributed by atoms with Crippen molar-refractivity contribution in [1.29, 1.82) is 0 Å². The number of anilines is 1. The third-order valence-corrected chi connectivity index (χ3v) is 6.60. The summed E-state index contributed by atoms with van der Waals surface area (Å²) >= 11 is 9.03. The Balaban J connectivity index is 1.41. The van der Waals surface area contributed by atoms with E-state index in [1.54, 1.807) is 11.3 Å². The van der Waals surface area contributed by atoms with Crippen molar-refractivity contribution in [3.8, 4) is 0 Å². The lowest BCUT2D eigenvalue weighted by atomic mass is 10.0. The van der Waals surface area contributed by atoms with Crippen molar-refractivity contribution >= 4 is 56.5 Å². The van der Waals surface area contributed by atoms with E-state index in [4.69, 9.17) is 11.6 Å². The number of carbonyl (C=O) groups is 1. The number of nitrogens with zero attached hydrogens (tertiary/aromatic N) is 1. The van der Waals surface area contributed by atoms with Gasteiger partial charge in [0.25, 0.3) is 0 Å². The fourth-order valence-corrected chi connectivity index (χ4v) is 4.88. The highest BCUT2D eigenvalue weighted by Gasteiger charge is 2.10. The normalized spacial score (nSPS) is 10.9. The highest BCUT2D eigenvalue weighted by atomic mass is 35.5. The monoisotopic (exact) mass is 424 g/mol. The molecule has 0 aliphatic carbocycles. The molecule has 0 aliphatic rings. The summed E-state index contributed by atoms with van der Waals surface area (Å²) in [5, 5.41) is 3.71. The molecule has 4 rings (SSSR count). The topological polar surface area (TPSA) is 42.0 Å². The average molecular weight is 425 g/mol. The quantitative estimate of drug-likeness (QED) is 0.371. The molecule has 0 atom stereocenters. The lowest BCUT2D eigenvalue weighted by Gasteiger charge is -2.11. The number of rotatable bonds is 6. The van der Waals surface area contributed by atoms with E-state index in [0.717, 1.165) is 32.2 Å². The smallest absolute Gasteiger partial charge is 0.234 e. The summed E-state index contributed by atoms with van der Waals surface area (Å²) in [5.41, 5.74) is 4.04. The largest absolute Gasteiger partial charge is 0.325 e. The van der Waals surface area contributed by atoms with E-state index in [-0.39, 0.29) is 5.91 Å². The molecule has 3 nitrogen and oxygen atoms in total. The van der Waals surface area contributed by atoms with Gasteiger partial charge in [-0.3, -0.25) is 4.79 Å². The van der Waals surface area contributed by atoms with Crippen molar-refractivity contribution < 1.29 is 4.79 Å². The minimum atomic E-state index is -0.0391. The van der Waals surface area contributed by atoms with Gasteiger partial charge in [-0.1, -0.05) is 71.9 Å². The van der Waals surface area contributed by atoms with Gasteiger partial charge in [0.05, 0.1) is 16.0 Å². The lowest BCUT2D eigenvalue weighted by molar-refractivity contribution is -0.113. The van der Waals surface area contributed by atoms with Crippen molar-refractivity contribution in [2.75, 3.05) is 11.1 Å². The molecule has 0 radical (unpaired) electrons. The van der Waals surface area contributed by atoms with Crippen molar-refractivity contribution in [1.82, 2.24) is 4.98 Å². The zero-order valence-electron chi connectivity index (χ0n) is 14.9. The maximum atomic E-state index is 12.5. The first-order valence-corrected chi connectivity index (χ1v) is 11.0. The van der Waals surface area contributed by atoms with Gasteiger partial charge in [-0.25, -0.2) is 4.98 Å². The zero-order chi connectivity index (χ0) is 19.3. The van der Waals surface area contributed by atoms with Gasteiger partial charge in [-0.05, 0) is 41.8 Å². The van der Waals surface area contributed by atoms with Crippen LogP contribution < -0.4 is 5.32 Å². The second-order valence-electron chi connectivity index (χ2n) is 6.25. The molecule has 0 spiro atoms. The Morgan fingerprint density at radius 2 is 1.82 bits per heavy atom. The van der Waals surface area contributed by atoms with Crippen LogP contribution in [-0.2, 0) is 11.2 Å². The third kappa shape index (κ3) is 4.73. The van der Waals surface area contributed by atoms with Crippen molar-refractivity contribution in [3.05, 3.63) is 88.9 Å². The van der Waals surface area contributed by atoms with Gasteiger partial charge in [0.15, 0.2) is 4.34 Å². The van der Waals surface area contributed by atoms with Gasteiger partial charge in [-0.15, -0.1) is 11.3 Å². The number of benzene rings is 3. The van der Waals surface area contributed by atoms with Crippen LogP contribution in [0.4, 0.5) is 5.69 Å². The molecule has 0 saturated carbocycles. The van der Waals surface area contributed by atoms with Crippen LogP contribution in [0, 0.1) is 0 Å². The van der Waals surface area contributed by atoms with Crippen LogP contribution in [0.25, 0.3) is 10.2 Å². The van der Waals surface area contributed by atoms with E-state index >= 15 is 0 Å². The van der Waals surface area contributed by atoms with E-state index in [0.29, 0.717) is 10.8 Å². The van der Waals surface area contributed by atoms with Crippen LogP contribution in [0.2, 0.25) is 5.02 Å². The summed E-state index contributed by atoms with van der Waals surface area (Å²) in [6, 6.07) is 23.8. The first kappa shape index (κ1) is 19.0. The summed E-state index contributed by atoms with van der Waals surface area (Å²) in [6.07, 6.45) is 0.781. The number of nitrogens with one attached hydrogen (secondary N) is 1. The van der Waals surface area contributed by atoms with Gasteiger partial charge in [-0.2, -0.15) is 0 Å². The predicted octanol–water partition coefficient (Wildman–Crippen LogP) is 6.27. The van der Waals surface area contributed by atoms with Gasteiger partial charge in [0.2, 0.25) is 5.91 Å². The Bertz CT molecular complexity index is 1110. The third-order valence-electron chi connectivity index (χ3n) is 4.19. The SMILES string of the molecule is O=C(CSc1nc2cc(Cl)ccc2s1)Nc1ccccc1Cc1ccccc1. The first-order chi connectivity index (χ1) is 13.7. The molecule has 28 heavy (non-hydrogen) atoms. The number of fused-ring (bicyclic) bond motifs is 1. The van der Waals surface area contributed by atoms with Crippen LogP contribution in [-0.4, -0.2) is 16.6 Å². The number of carbonyl (C=O) groups excluding carboxylic acids is 1. The summed E-state index contributed by atoms with van der Waals surface area (Å²) in [7, 11) is 0. The number of hydrogen-bond donors (Lipinski definition) is 1. The van der Waals surface area contributed by atoms with Crippen LogP contribution >= 0.6 is 34.7 Å². The molecule has 1 amide bonds. The molecule has 0 fully saturated rings. The predicted molar refractivity (Wildman–Crippen MR) is 120 cm³/mol. The van der Waals surface area contributed by atoms with E-state index in [1.807, 2.05) is 60.7 Å². The van der Waals surface area contributed by atoms with Crippen LogP contribution in [0.5, 0.6) is 0 Å². The molecule has 1 aromatic heterocycles. The fourth-order valence-electron chi connectivity index (χ4n) is 2.87. The number of halogens is 1. The molecule has 6 heteroatoms. The molecule has 0 unspecified atom stereocenters. The highest BCUT2D eigenvalue weighted by molar-refractivity contribution is 8.01. The van der Waals surface area contributed by atoms with Crippen LogP contribution in [0.3, 0.4) is 0 Å². The van der Waals surface area contributed by atoms with Gasteiger partial charge >= 0.3 is 0 Å².